The van der Waals surface area contributed by atoms with Gasteiger partial charge < -0.3 is 15.2 Å². The molecule has 0 unspecified atom stereocenters. The van der Waals surface area contributed by atoms with Crippen molar-refractivity contribution in [3.8, 4) is 0 Å². The second kappa shape index (κ2) is 5.16. The number of aliphatic carboxylic acids is 1. The van der Waals surface area contributed by atoms with Crippen molar-refractivity contribution in [2.75, 3.05) is 5.32 Å². The van der Waals surface area contributed by atoms with E-state index in [1.54, 1.807) is 37.3 Å². The molecule has 0 spiro atoms. The molecule has 21 heavy (non-hydrogen) atoms. The second-order valence-electron chi connectivity index (χ2n) is 5.24. The SMILES string of the molecule is Cc1c(Cl)cccc1NC(=O)[C@H]1[C@H](C(=O)O)[C@H]2C=C[C@H]1O2. The highest BCUT2D eigenvalue weighted by Crippen LogP contribution is 2.40. The van der Waals surface area contributed by atoms with E-state index in [1.807, 2.05) is 0 Å². The van der Waals surface area contributed by atoms with E-state index in [0.717, 1.165) is 5.56 Å². The number of carboxylic acid groups (broad SMARTS) is 1. The Balaban J connectivity index is 1.84. The predicted molar refractivity (Wildman–Crippen MR) is 77.2 cm³/mol. The number of fused-ring (bicyclic) bond motifs is 2. The first kappa shape index (κ1) is 14.1. The molecule has 2 aliphatic heterocycles. The molecule has 0 saturated carbocycles. The van der Waals surface area contributed by atoms with Crippen molar-refractivity contribution in [2.24, 2.45) is 11.8 Å². The van der Waals surface area contributed by atoms with E-state index in [9.17, 15) is 14.7 Å². The fourth-order valence-corrected chi connectivity index (χ4v) is 3.05. The molecule has 1 saturated heterocycles. The zero-order valence-corrected chi connectivity index (χ0v) is 12.0. The summed E-state index contributed by atoms with van der Waals surface area (Å²) in [5.74, 6) is -2.95. The molecule has 1 fully saturated rings. The van der Waals surface area contributed by atoms with Gasteiger partial charge in [0.05, 0.1) is 18.1 Å². The zero-order valence-electron chi connectivity index (χ0n) is 11.2. The maximum absolute atomic E-state index is 12.5. The van der Waals surface area contributed by atoms with Crippen molar-refractivity contribution in [2.45, 2.75) is 19.1 Å². The monoisotopic (exact) mass is 307 g/mol. The van der Waals surface area contributed by atoms with Crippen molar-refractivity contribution >= 4 is 29.2 Å². The van der Waals surface area contributed by atoms with Crippen LogP contribution in [0.4, 0.5) is 5.69 Å². The topological polar surface area (TPSA) is 75.6 Å². The number of nitrogens with one attached hydrogen (secondary N) is 1. The lowest BCUT2D eigenvalue weighted by Gasteiger charge is -2.21. The third-order valence-corrected chi connectivity index (χ3v) is 4.42. The summed E-state index contributed by atoms with van der Waals surface area (Å²) in [6.07, 6.45) is 2.45. The first-order valence-corrected chi connectivity index (χ1v) is 6.99. The molecule has 3 rings (SSSR count). The fourth-order valence-electron chi connectivity index (χ4n) is 2.87. The summed E-state index contributed by atoms with van der Waals surface area (Å²) in [6.45, 7) is 1.80. The predicted octanol–water partition coefficient (Wildman–Crippen LogP) is 2.24. The number of hydrogen-bond acceptors (Lipinski definition) is 3. The summed E-state index contributed by atoms with van der Waals surface area (Å²) in [5, 5.41) is 12.6. The van der Waals surface area contributed by atoms with Gasteiger partial charge in [-0.1, -0.05) is 29.8 Å². The molecule has 2 heterocycles. The minimum Gasteiger partial charge on any atom is -0.481 e. The van der Waals surface area contributed by atoms with Gasteiger partial charge in [-0.2, -0.15) is 0 Å². The van der Waals surface area contributed by atoms with Crippen LogP contribution in [0, 0.1) is 18.8 Å². The summed E-state index contributed by atoms with van der Waals surface area (Å²) in [6, 6.07) is 5.20. The molecule has 0 aromatic heterocycles. The number of anilines is 1. The quantitative estimate of drug-likeness (QED) is 0.840. The first-order chi connectivity index (χ1) is 9.99. The fraction of sp³-hybridized carbons (Fsp3) is 0.333. The van der Waals surface area contributed by atoms with E-state index >= 15 is 0 Å². The highest BCUT2D eigenvalue weighted by Gasteiger charge is 2.53. The molecule has 1 amide bonds. The molecular formula is C15H14ClNO4. The second-order valence-corrected chi connectivity index (χ2v) is 5.65. The van der Waals surface area contributed by atoms with Crippen LogP contribution in [-0.2, 0) is 14.3 Å². The molecule has 2 N–H and O–H groups in total. The maximum Gasteiger partial charge on any atom is 0.310 e. The Labute approximate surface area is 126 Å². The highest BCUT2D eigenvalue weighted by atomic mass is 35.5. The molecule has 5 nitrogen and oxygen atoms in total. The van der Waals surface area contributed by atoms with Crippen LogP contribution < -0.4 is 5.32 Å². The van der Waals surface area contributed by atoms with Crippen molar-refractivity contribution in [3.63, 3.8) is 0 Å². The Morgan fingerprint density at radius 3 is 2.57 bits per heavy atom. The van der Waals surface area contributed by atoms with Gasteiger partial charge in [-0.25, -0.2) is 0 Å². The van der Waals surface area contributed by atoms with Crippen molar-refractivity contribution in [1.29, 1.82) is 0 Å². The average Bonchev–Trinajstić information content (AvgIpc) is 3.04. The number of ether oxygens (including phenoxy) is 1. The van der Waals surface area contributed by atoms with Crippen LogP contribution in [-0.4, -0.2) is 29.2 Å². The number of carboxylic acids is 1. The third kappa shape index (κ3) is 2.32. The van der Waals surface area contributed by atoms with Gasteiger partial charge in [0.15, 0.2) is 0 Å². The van der Waals surface area contributed by atoms with Crippen LogP contribution in [0.1, 0.15) is 5.56 Å². The lowest BCUT2D eigenvalue weighted by Crippen LogP contribution is -2.39. The number of carbonyl (C=O) groups is 2. The molecule has 6 heteroatoms. The van der Waals surface area contributed by atoms with E-state index in [-0.39, 0.29) is 5.91 Å². The molecule has 0 radical (unpaired) electrons. The molecular weight excluding hydrogens is 294 g/mol. The van der Waals surface area contributed by atoms with Crippen LogP contribution in [0.3, 0.4) is 0 Å². The summed E-state index contributed by atoms with van der Waals surface area (Å²) >= 11 is 6.02. The number of carbonyl (C=O) groups excluding carboxylic acids is 1. The third-order valence-electron chi connectivity index (χ3n) is 4.01. The normalized spacial score (nSPS) is 29.6. The summed E-state index contributed by atoms with van der Waals surface area (Å²) in [7, 11) is 0. The summed E-state index contributed by atoms with van der Waals surface area (Å²) in [5.41, 5.74) is 1.34. The molecule has 1 aromatic rings. The Morgan fingerprint density at radius 1 is 1.24 bits per heavy atom. The number of rotatable bonds is 3. The van der Waals surface area contributed by atoms with Crippen LogP contribution in [0.2, 0.25) is 5.02 Å². The highest BCUT2D eigenvalue weighted by molar-refractivity contribution is 6.31. The number of hydrogen-bond donors (Lipinski definition) is 2. The Hall–Kier alpha value is -1.85. The Kier molecular flexibility index (Phi) is 3.47. The molecule has 1 aromatic carbocycles. The van der Waals surface area contributed by atoms with E-state index in [4.69, 9.17) is 16.3 Å². The number of halogens is 1. The van der Waals surface area contributed by atoms with Crippen molar-refractivity contribution < 1.29 is 19.4 Å². The number of amides is 1. The van der Waals surface area contributed by atoms with Gasteiger partial charge in [0, 0.05) is 10.7 Å². The Morgan fingerprint density at radius 2 is 1.90 bits per heavy atom. The minimum atomic E-state index is -1.02. The lowest BCUT2D eigenvalue weighted by atomic mass is 9.82. The van der Waals surface area contributed by atoms with Crippen molar-refractivity contribution in [3.05, 3.63) is 40.9 Å². The molecule has 110 valence electrons. The van der Waals surface area contributed by atoms with Gasteiger partial charge in [-0.15, -0.1) is 0 Å². The van der Waals surface area contributed by atoms with Gasteiger partial charge >= 0.3 is 5.97 Å². The van der Waals surface area contributed by atoms with Crippen LogP contribution in [0.5, 0.6) is 0 Å². The summed E-state index contributed by atoms with van der Waals surface area (Å²) < 4.78 is 5.49. The van der Waals surface area contributed by atoms with E-state index in [1.165, 1.54) is 0 Å². The van der Waals surface area contributed by atoms with Gasteiger partial charge in [-0.3, -0.25) is 9.59 Å². The number of benzene rings is 1. The van der Waals surface area contributed by atoms with Gasteiger partial charge in [0.2, 0.25) is 5.91 Å². The van der Waals surface area contributed by atoms with Crippen LogP contribution in [0.25, 0.3) is 0 Å². The largest absolute Gasteiger partial charge is 0.481 e. The van der Waals surface area contributed by atoms with E-state index < -0.39 is 30.0 Å². The average molecular weight is 308 g/mol. The van der Waals surface area contributed by atoms with Crippen LogP contribution >= 0.6 is 11.6 Å². The first-order valence-electron chi connectivity index (χ1n) is 6.61. The molecule has 4 atom stereocenters. The van der Waals surface area contributed by atoms with Gasteiger partial charge in [-0.05, 0) is 24.6 Å². The maximum atomic E-state index is 12.5. The lowest BCUT2D eigenvalue weighted by molar-refractivity contribution is -0.145. The molecule has 0 aliphatic carbocycles. The zero-order chi connectivity index (χ0) is 15.1. The van der Waals surface area contributed by atoms with Crippen LogP contribution in [0.15, 0.2) is 30.4 Å². The van der Waals surface area contributed by atoms with Crippen molar-refractivity contribution in [1.82, 2.24) is 0 Å². The summed E-state index contributed by atoms with van der Waals surface area (Å²) in [4.78, 5) is 23.8. The van der Waals surface area contributed by atoms with Gasteiger partial charge in [0.1, 0.15) is 5.92 Å². The minimum absolute atomic E-state index is 0.357. The molecule has 2 aliphatic rings. The smallest absolute Gasteiger partial charge is 0.310 e. The van der Waals surface area contributed by atoms with E-state index in [2.05, 4.69) is 5.32 Å². The van der Waals surface area contributed by atoms with Gasteiger partial charge in [0.25, 0.3) is 0 Å². The van der Waals surface area contributed by atoms with E-state index in [0.29, 0.717) is 10.7 Å². The molecule has 2 bridgehead atoms. The standard InChI is InChI=1S/C15H14ClNO4/c1-7-8(16)3-2-4-9(7)17-14(18)12-10-5-6-11(21-10)13(12)15(19)20/h2-6,10-13H,1H3,(H,17,18)(H,19,20)/t10-,11-,12-,13-/m1/s1. The Bertz CT molecular complexity index is 643.